The first-order valence-corrected chi connectivity index (χ1v) is 5.41. The summed E-state index contributed by atoms with van der Waals surface area (Å²) in [5, 5.41) is 0. The Bertz CT molecular complexity index is 581. The molecule has 0 atom stereocenters. The molecule has 0 aromatic carbocycles. The van der Waals surface area contributed by atoms with Crippen LogP contribution in [-0.2, 0) is 4.79 Å². The van der Waals surface area contributed by atoms with Gasteiger partial charge in [-0.2, -0.15) is 0 Å². The highest BCUT2D eigenvalue weighted by Crippen LogP contribution is 2.17. The van der Waals surface area contributed by atoms with E-state index in [0.29, 0.717) is 5.57 Å². The zero-order chi connectivity index (χ0) is 12.4. The van der Waals surface area contributed by atoms with Crippen molar-refractivity contribution in [2.75, 3.05) is 14.1 Å². The van der Waals surface area contributed by atoms with E-state index in [1.165, 1.54) is 0 Å². The number of carbonyl (C=O) groups excluding carboxylic acids is 1. The topological polar surface area (TPSA) is 37.6 Å². The Kier molecular flexibility index (Phi) is 2.95. The molecule has 0 saturated carbocycles. The number of carbonyl (C=O) groups is 1. The van der Waals surface area contributed by atoms with Crippen LogP contribution in [0.5, 0.6) is 0 Å². The number of allylic oxidation sites excluding steroid dienone is 1. The summed E-state index contributed by atoms with van der Waals surface area (Å²) in [5.41, 5.74) is 2.32. The molecule has 0 radical (unpaired) electrons. The number of nitrogens with zero attached hydrogens (tertiary/aromatic N) is 3. The molecular formula is C13H15N3O. The van der Waals surface area contributed by atoms with Crippen LogP contribution in [0.2, 0.25) is 0 Å². The van der Waals surface area contributed by atoms with E-state index in [-0.39, 0.29) is 5.78 Å². The highest BCUT2D eigenvalue weighted by molar-refractivity contribution is 6.19. The Labute approximate surface area is 100 Å². The zero-order valence-corrected chi connectivity index (χ0v) is 10.2. The highest BCUT2D eigenvalue weighted by Gasteiger charge is 2.12. The molecule has 2 aromatic heterocycles. The van der Waals surface area contributed by atoms with Crippen molar-refractivity contribution in [3.05, 3.63) is 42.5 Å². The summed E-state index contributed by atoms with van der Waals surface area (Å²) in [6.45, 7) is 1.57. The molecule has 0 aliphatic heterocycles. The molecule has 0 aliphatic carbocycles. The number of rotatable bonds is 3. The Morgan fingerprint density at radius 3 is 2.82 bits per heavy atom. The van der Waals surface area contributed by atoms with Gasteiger partial charge in [0.2, 0.25) is 0 Å². The van der Waals surface area contributed by atoms with E-state index in [1.54, 1.807) is 13.1 Å². The summed E-state index contributed by atoms with van der Waals surface area (Å²) in [5.74, 6) is 0.0318. The van der Waals surface area contributed by atoms with Crippen LogP contribution in [-0.4, -0.2) is 34.2 Å². The highest BCUT2D eigenvalue weighted by atomic mass is 16.1. The second kappa shape index (κ2) is 4.41. The smallest absolute Gasteiger partial charge is 0.163 e. The van der Waals surface area contributed by atoms with Gasteiger partial charge in [0.1, 0.15) is 5.65 Å². The number of hydrogen-bond acceptors (Lipinski definition) is 3. The lowest BCUT2D eigenvalue weighted by atomic mass is 10.1. The largest absolute Gasteiger partial charge is 0.383 e. The molecule has 2 heterocycles. The van der Waals surface area contributed by atoms with Crippen LogP contribution >= 0.6 is 0 Å². The van der Waals surface area contributed by atoms with Crippen molar-refractivity contribution in [3.8, 4) is 0 Å². The Hall–Kier alpha value is -2.10. The lowest BCUT2D eigenvalue weighted by Gasteiger charge is -2.09. The van der Waals surface area contributed by atoms with Crippen LogP contribution in [0.15, 0.2) is 36.8 Å². The number of Topliss-reactive ketones (excluding diaryl/α,β-unsaturated/α-hetero) is 1. The minimum absolute atomic E-state index is 0.0318. The van der Waals surface area contributed by atoms with E-state index >= 15 is 0 Å². The van der Waals surface area contributed by atoms with Crippen molar-refractivity contribution in [3.63, 3.8) is 0 Å². The third-order valence-corrected chi connectivity index (χ3v) is 2.46. The van der Waals surface area contributed by atoms with Gasteiger partial charge in [-0.3, -0.25) is 9.20 Å². The quantitative estimate of drug-likeness (QED) is 0.753. The van der Waals surface area contributed by atoms with Gasteiger partial charge < -0.3 is 4.90 Å². The molecule has 0 fully saturated rings. The average molecular weight is 229 g/mol. The van der Waals surface area contributed by atoms with Gasteiger partial charge >= 0.3 is 0 Å². The molecule has 0 N–H and O–H groups in total. The lowest BCUT2D eigenvalue weighted by Crippen LogP contribution is -2.08. The van der Waals surface area contributed by atoms with Gasteiger partial charge in [0, 0.05) is 26.5 Å². The van der Waals surface area contributed by atoms with Crippen LogP contribution in [0.4, 0.5) is 0 Å². The minimum atomic E-state index is 0.0318. The molecular weight excluding hydrogens is 214 g/mol. The fourth-order valence-corrected chi connectivity index (χ4v) is 1.73. The number of pyridine rings is 1. The molecule has 0 bridgehead atoms. The first-order valence-electron chi connectivity index (χ1n) is 5.41. The van der Waals surface area contributed by atoms with Crippen LogP contribution in [0.1, 0.15) is 12.6 Å². The maximum Gasteiger partial charge on any atom is 0.163 e. The first kappa shape index (κ1) is 11.4. The summed E-state index contributed by atoms with van der Waals surface area (Å²) in [6.07, 6.45) is 5.45. The molecule has 2 rings (SSSR count). The van der Waals surface area contributed by atoms with E-state index in [0.717, 1.165) is 11.3 Å². The number of ketones is 1. The predicted octanol–water partition coefficient (Wildman–Crippen LogP) is 1.83. The summed E-state index contributed by atoms with van der Waals surface area (Å²) < 4.78 is 1.91. The van der Waals surface area contributed by atoms with Gasteiger partial charge in [-0.05, 0) is 19.1 Å². The second-order valence-electron chi connectivity index (χ2n) is 4.13. The van der Waals surface area contributed by atoms with E-state index in [9.17, 15) is 4.79 Å². The third-order valence-electron chi connectivity index (χ3n) is 2.46. The van der Waals surface area contributed by atoms with Gasteiger partial charge in [0.15, 0.2) is 5.78 Å². The Morgan fingerprint density at radius 2 is 2.18 bits per heavy atom. The fourth-order valence-electron chi connectivity index (χ4n) is 1.73. The van der Waals surface area contributed by atoms with E-state index in [1.807, 2.05) is 54.0 Å². The Morgan fingerprint density at radius 1 is 1.41 bits per heavy atom. The van der Waals surface area contributed by atoms with E-state index in [4.69, 9.17) is 0 Å². The van der Waals surface area contributed by atoms with Crippen LogP contribution in [0.25, 0.3) is 11.2 Å². The van der Waals surface area contributed by atoms with Crippen molar-refractivity contribution in [1.29, 1.82) is 0 Å². The molecule has 17 heavy (non-hydrogen) atoms. The first-order chi connectivity index (χ1) is 8.09. The predicted molar refractivity (Wildman–Crippen MR) is 67.5 cm³/mol. The zero-order valence-electron chi connectivity index (χ0n) is 10.2. The van der Waals surface area contributed by atoms with Crippen LogP contribution in [0, 0.1) is 0 Å². The van der Waals surface area contributed by atoms with Crippen molar-refractivity contribution in [2.24, 2.45) is 0 Å². The van der Waals surface area contributed by atoms with Crippen LogP contribution in [0.3, 0.4) is 0 Å². The molecule has 0 amide bonds. The van der Waals surface area contributed by atoms with E-state index in [2.05, 4.69) is 4.98 Å². The molecule has 0 spiro atoms. The third kappa shape index (κ3) is 2.20. The fraction of sp³-hybridized carbons (Fsp3) is 0.231. The number of hydrogen-bond donors (Lipinski definition) is 0. The summed E-state index contributed by atoms with van der Waals surface area (Å²) in [6, 6.07) is 5.76. The number of imidazole rings is 1. The van der Waals surface area contributed by atoms with Crippen molar-refractivity contribution in [1.82, 2.24) is 14.3 Å². The monoisotopic (exact) mass is 229 g/mol. The minimum Gasteiger partial charge on any atom is -0.383 e. The summed E-state index contributed by atoms with van der Waals surface area (Å²) >= 11 is 0. The maximum absolute atomic E-state index is 11.7. The SMILES string of the molecule is CC(=O)C(=CN(C)C)c1cnc2ccccn12. The van der Waals surface area contributed by atoms with Crippen LogP contribution < -0.4 is 0 Å². The molecule has 4 heteroatoms. The lowest BCUT2D eigenvalue weighted by molar-refractivity contribution is -0.111. The molecule has 88 valence electrons. The van der Waals surface area contributed by atoms with Gasteiger partial charge in [0.25, 0.3) is 0 Å². The average Bonchev–Trinajstić information content (AvgIpc) is 2.69. The van der Waals surface area contributed by atoms with Crippen molar-refractivity contribution >= 4 is 17.0 Å². The summed E-state index contributed by atoms with van der Waals surface area (Å²) in [7, 11) is 3.79. The second-order valence-corrected chi connectivity index (χ2v) is 4.13. The molecule has 0 saturated heterocycles. The standard InChI is InChI=1S/C13H15N3O/c1-10(17)11(9-15(2)3)12-8-14-13-6-4-5-7-16(12)13/h4-9H,1-3H3. The van der Waals surface area contributed by atoms with Gasteiger partial charge in [-0.15, -0.1) is 0 Å². The van der Waals surface area contributed by atoms with E-state index < -0.39 is 0 Å². The summed E-state index contributed by atoms with van der Waals surface area (Å²) in [4.78, 5) is 17.8. The van der Waals surface area contributed by atoms with Gasteiger partial charge in [0.05, 0.1) is 17.5 Å². The normalized spacial score (nSPS) is 11.8. The van der Waals surface area contributed by atoms with Crippen molar-refractivity contribution < 1.29 is 4.79 Å². The molecule has 0 aliphatic rings. The van der Waals surface area contributed by atoms with Gasteiger partial charge in [-0.25, -0.2) is 4.98 Å². The number of fused-ring (bicyclic) bond motifs is 1. The molecule has 4 nitrogen and oxygen atoms in total. The number of aromatic nitrogens is 2. The molecule has 0 unspecified atom stereocenters. The van der Waals surface area contributed by atoms with Crippen molar-refractivity contribution in [2.45, 2.75) is 6.92 Å². The maximum atomic E-state index is 11.7. The molecule has 2 aromatic rings. The Balaban J connectivity index is 2.61. The van der Waals surface area contributed by atoms with Gasteiger partial charge in [-0.1, -0.05) is 6.07 Å².